The highest BCUT2D eigenvalue weighted by Gasteiger charge is 2.06. The molecule has 0 aliphatic carbocycles. The van der Waals surface area contributed by atoms with Gasteiger partial charge in [0.2, 0.25) is 0 Å². The molecule has 0 atom stereocenters. The predicted octanol–water partition coefficient (Wildman–Crippen LogP) is 2.02. The van der Waals surface area contributed by atoms with Crippen LogP contribution in [0.3, 0.4) is 0 Å². The number of imidazole rings is 1. The largest absolute Gasteiger partial charge is 0.390 e. The molecule has 2 rings (SSSR count). The van der Waals surface area contributed by atoms with Gasteiger partial charge in [-0.2, -0.15) is 0 Å². The van der Waals surface area contributed by atoms with E-state index in [0.717, 1.165) is 11.1 Å². The molecule has 0 aliphatic rings. The van der Waals surface area contributed by atoms with Gasteiger partial charge in [0, 0.05) is 5.56 Å². The van der Waals surface area contributed by atoms with Gasteiger partial charge >= 0.3 is 0 Å². The van der Waals surface area contributed by atoms with E-state index in [0.29, 0.717) is 11.5 Å². The predicted molar refractivity (Wildman–Crippen MR) is 54.6 cm³/mol. The topological polar surface area (TPSA) is 48.9 Å². The number of benzene rings is 1. The average Bonchev–Trinajstić information content (AvgIpc) is 2.66. The lowest BCUT2D eigenvalue weighted by atomic mass is 10.1. The minimum Gasteiger partial charge on any atom is -0.390 e. The monoisotopic (exact) mass is 206 g/mol. The number of hydrogen-bond acceptors (Lipinski definition) is 2. The molecule has 78 valence electrons. The van der Waals surface area contributed by atoms with Crippen molar-refractivity contribution in [1.82, 2.24) is 9.97 Å². The lowest BCUT2D eigenvalue weighted by Gasteiger charge is -2.01. The molecule has 0 saturated carbocycles. The number of aliphatic hydroxyl groups is 1. The van der Waals surface area contributed by atoms with Crippen molar-refractivity contribution in [3.8, 4) is 11.4 Å². The van der Waals surface area contributed by atoms with Gasteiger partial charge in [-0.15, -0.1) is 0 Å². The molecule has 2 N–H and O–H groups in total. The standard InChI is InChI=1S/C11H11FN2O/c1-7-4-8(12)2-3-10(7)11-13-5-9(6-15)14-11/h2-5,15H,6H2,1H3,(H,13,14). The van der Waals surface area contributed by atoms with E-state index in [4.69, 9.17) is 5.11 Å². The highest BCUT2D eigenvalue weighted by Crippen LogP contribution is 2.20. The van der Waals surface area contributed by atoms with E-state index in [9.17, 15) is 4.39 Å². The average molecular weight is 206 g/mol. The maximum absolute atomic E-state index is 12.9. The Morgan fingerprint density at radius 2 is 2.27 bits per heavy atom. The summed E-state index contributed by atoms with van der Waals surface area (Å²) in [5, 5.41) is 8.88. The number of aliphatic hydroxyl groups excluding tert-OH is 1. The van der Waals surface area contributed by atoms with Crippen molar-refractivity contribution in [2.45, 2.75) is 13.5 Å². The van der Waals surface area contributed by atoms with Crippen LogP contribution >= 0.6 is 0 Å². The van der Waals surface area contributed by atoms with Gasteiger partial charge in [0.25, 0.3) is 0 Å². The summed E-state index contributed by atoms with van der Waals surface area (Å²) in [6.07, 6.45) is 1.57. The Morgan fingerprint density at radius 3 is 2.87 bits per heavy atom. The Hall–Kier alpha value is -1.68. The highest BCUT2D eigenvalue weighted by atomic mass is 19.1. The molecule has 0 fully saturated rings. The summed E-state index contributed by atoms with van der Waals surface area (Å²) in [6.45, 7) is 1.74. The van der Waals surface area contributed by atoms with E-state index < -0.39 is 0 Å². The lowest BCUT2D eigenvalue weighted by Crippen LogP contribution is -1.88. The van der Waals surface area contributed by atoms with Crippen LogP contribution in [0.1, 0.15) is 11.3 Å². The molecule has 0 aliphatic heterocycles. The number of nitrogens with one attached hydrogen (secondary N) is 1. The van der Waals surface area contributed by atoms with Gasteiger partial charge in [-0.25, -0.2) is 9.37 Å². The number of hydrogen-bond donors (Lipinski definition) is 2. The van der Waals surface area contributed by atoms with Crippen LogP contribution < -0.4 is 0 Å². The summed E-state index contributed by atoms with van der Waals surface area (Å²) in [4.78, 5) is 7.07. The van der Waals surface area contributed by atoms with Gasteiger partial charge < -0.3 is 10.1 Å². The lowest BCUT2D eigenvalue weighted by molar-refractivity contribution is 0.277. The van der Waals surface area contributed by atoms with Crippen molar-refractivity contribution in [3.05, 3.63) is 41.5 Å². The zero-order chi connectivity index (χ0) is 10.8. The minimum absolute atomic E-state index is 0.0761. The first-order valence-corrected chi connectivity index (χ1v) is 4.62. The van der Waals surface area contributed by atoms with E-state index in [2.05, 4.69) is 9.97 Å². The molecule has 0 radical (unpaired) electrons. The van der Waals surface area contributed by atoms with Crippen molar-refractivity contribution in [2.24, 2.45) is 0 Å². The van der Waals surface area contributed by atoms with E-state index >= 15 is 0 Å². The Morgan fingerprint density at radius 1 is 1.47 bits per heavy atom. The van der Waals surface area contributed by atoms with Gasteiger partial charge in [0.1, 0.15) is 11.6 Å². The summed E-state index contributed by atoms with van der Waals surface area (Å²) in [5.41, 5.74) is 2.30. The molecule has 0 amide bonds. The number of nitrogens with zero attached hydrogens (tertiary/aromatic N) is 1. The molecular weight excluding hydrogens is 195 g/mol. The molecule has 15 heavy (non-hydrogen) atoms. The number of halogens is 1. The summed E-state index contributed by atoms with van der Waals surface area (Å²) in [5.74, 6) is 0.390. The molecule has 1 aromatic heterocycles. The molecule has 0 bridgehead atoms. The first-order valence-electron chi connectivity index (χ1n) is 4.62. The van der Waals surface area contributed by atoms with Gasteiger partial charge in [-0.1, -0.05) is 0 Å². The zero-order valence-electron chi connectivity index (χ0n) is 8.29. The normalized spacial score (nSPS) is 10.6. The molecule has 3 nitrogen and oxygen atoms in total. The molecule has 1 aromatic carbocycles. The van der Waals surface area contributed by atoms with Crippen LogP contribution in [0.25, 0.3) is 11.4 Å². The second kappa shape index (κ2) is 3.82. The summed E-state index contributed by atoms with van der Waals surface area (Å²) < 4.78 is 12.9. The maximum atomic E-state index is 12.9. The third kappa shape index (κ3) is 1.89. The molecular formula is C11H11FN2O. The Labute approximate surface area is 86.6 Å². The van der Waals surface area contributed by atoms with Crippen LogP contribution in [0.5, 0.6) is 0 Å². The minimum atomic E-state index is -0.259. The summed E-state index contributed by atoms with van der Waals surface area (Å²) in [7, 11) is 0. The van der Waals surface area contributed by atoms with Gasteiger partial charge in [-0.3, -0.25) is 0 Å². The van der Waals surface area contributed by atoms with Crippen molar-refractivity contribution >= 4 is 0 Å². The van der Waals surface area contributed by atoms with Gasteiger partial charge in [0.15, 0.2) is 0 Å². The van der Waals surface area contributed by atoms with Crippen LogP contribution in [0.15, 0.2) is 24.4 Å². The molecule has 0 unspecified atom stereocenters. The second-order valence-electron chi connectivity index (χ2n) is 3.37. The number of aromatic amines is 1. The molecule has 2 aromatic rings. The van der Waals surface area contributed by atoms with Crippen molar-refractivity contribution in [2.75, 3.05) is 0 Å². The van der Waals surface area contributed by atoms with E-state index in [1.165, 1.54) is 12.1 Å². The first-order chi connectivity index (χ1) is 7.20. The van der Waals surface area contributed by atoms with Gasteiger partial charge in [0.05, 0.1) is 18.5 Å². The third-order valence-corrected chi connectivity index (χ3v) is 2.24. The summed E-state index contributed by atoms with van der Waals surface area (Å²) >= 11 is 0. The first kappa shape index (κ1) is 9.86. The molecule has 4 heteroatoms. The number of aryl methyl sites for hydroxylation is 1. The van der Waals surface area contributed by atoms with Crippen LogP contribution in [0, 0.1) is 12.7 Å². The van der Waals surface area contributed by atoms with Crippen molar-refractivity contribution in [1.29, 1.82) is 0 Å². The molecule has 0 spiro atoms. The van der Waals surface area contributed by atoms with E-state index in [-0.39, 0.29) is 12.4 Å². The van der Waals surface area contributed by atoms with Crippen molar-refractivity contribution < 1.29 is 9.50 Å². The Balaban J connectivity index is 2.44. The van der Waals surface area contributed by atoms with Crippen molar-refractivity contribution in [3.63, 3.8) is 0 Å². The summed E-state index contributed by atoms with van der Waals surface area (Å²) in [6, 6.07) is 4.52. The Bertz CT molecular complexity index is 479. The smallest absolute Gasteiger partial charge is 0.137 e. The van der Waals surface area contributed by atoms with Gasteiger partial charge in [-0.05, 0) is 30.7 Å². The fourth-order valence-electron chi connectivity index (χ4n) is 1.47. The van der Waals surface area contributed by atoms with Crippen LogP contribution in [0.4, 0.5) is 4.39 Å². The third-order valence-electron chi connectivity index (χ3n) is 2.24. The quantitative estimate of drug-likeness (QED) is 0.789. The van der Waals surface area contributed by atoms with E-state index in [1.54, 1.807) is 12.3 Å². The SMILES string of the molecule is Cc1cc(F)ccc1-c1ncc(CO)[nH]1. The van der Waals surface area contributed by atoms with Crippen LogP contribution in [-0.4, -0.2) is 15.1 Å². The fourth-order valence-corrected chi connectivity index (χ4v) is 1.47. The number of aromatic nitrogens is 2. The fraction of sp³-hybridized carbons (Fsp3) is 0.182. The second-order valence-corrected chi connectivity index (χ2v) is 3.37. The van der Waals surface area contributed by atoms with Crippen LogP contribution in [0.2, 0.25) is 0 Å². The highest BCUT2D eigenvalue weighted by molar-refractivity contribution is 5.59. The number of H-pyrrole nitrogens is 1. The molecule has 1 heterocycles. The molecule has 0 saturated heterocycles. The zero-order valence-corrected chi connectivity index (χ0v) is 8.29. The van der Waals surface area contributed by atoms with E-state index in [1.807, 2.05) is 6.92 Å². The number of rotatable bonds is 2. The van der Waals surface area contributed by atoms with Crippen LogP contribution in [-0.2, 0) is 6.61 Å². The Kier molecular flexibility index (Phi) is 2.51. The maximum Gasteiger partial charge on any atom is 0.137 e.